The van der Waals surface area contributed by atoms with Crippen LogP contribution in [0, 0.1) is 0 Å². The highest BCUT2D eigenvalue weighted by Crippen LogP contribution is 2.17. The molecule has 0 unspecified atom stereocenters. The van der Waals surface area contributed by atoms with Crippen LogP contribution in [-0.4, -0.2) is 48.4 Å². The van der Waals surface area contributed by atoms with Crippen molar-refractivity contribution in [1.82, 2.24) is 14.9 Å². The molecule has 0 amide bonds. The van der Waals surface area contributed by atoms with Gasteiger partial charge in [-0.2, -0.15) is 4.98 Å². The Hall–Kier alpha value is -1.05. The minimum atomic E-state index is 0.536. The second-order valence-corrected chi connectivity index (χ2v) is 4.15. The molecule has 3 N–H and O–H groups in total. The Morgan fingerprint density at radius 3 is 2.81 bits per heavy atom. The number of anilines is 1. The number of thioether (sulfide) groups is 1. The van der Waals surface area contributed by atoms with E-state index in [1.165, 1.54) is 11.8 Å². The zero-order valence-electron chi connectivity index (χ0n) is 9.73. The molecule has 1 aromatic heterocycles. The molecule has 0 fully saturated rings. The highest BCUT2D eigenvalue weighted by molar-refractivity contribution is 7.98. The van der Waals surface area contributed by atoms with Crippen molar-refractivity contribution < 1.29 is 4.74 Å². The molecule has 0 aromatic carbocycles. The summed E-state index contributed by atoms with van der Waals surface area (Å²) in [5, 5.41) is 0.635. The molecule has 0 bridgehead atoms. The highest BCUT2D eigenvalue weighted by atomic mass is 32.2. The predicted molar refractivity (Wildman–Crippen MR) is 65.7 cm³/mol. The lowest BCUT2D eigenvalue weighted by Gasteiger charge is -2.11. The molecule has 6 nitrogen and oxygen atoms in total. The van der Waals surface area contributed by atoms with Gasteiger partial charge in [-0.3, -0.25) is 0 Å². The maximum absolute atomic E-state index is 5.50. The van der Waals surface area contributed by atoms with Crippen LogP contribution in [0.25, 0.3) is 0 Å². The van der Waals surface area contributed by atoms with Gasteiger partial charge in [0.25, 0.3) is 0 Å². The average molecular weight is 243 g/mol. The molecule has 1 aromatic rings. The van der Waals surface area contributed by atoms with Crippen molar-refractivity contribution >= 4 is 17.6 Å². The van der Waals surface area contributed by atoms with Crippen LogP contribution >= 0.6 is 11.8 Å². The van der Waals surface area contributed by atoms with Gasteiger partial charge in [0, 0.05) is 12.6 Å². The molecule has 90 valence electrons. The van der Waals surface area contributed by atoms with Crippen LogP contribution in [0.5, 0.6) is 5.88 Å². The fourth-order valence-corrected chi connectivity index (χ4v) is 1.35. The van der Waals surface area contributed by atoms with Crippen LogP contribution < -0.4 is 16.0 Å². The Morgan fingerprint density at radius 1 is 1.50 bits per heavy atom. The summed E-state index contributed by atoms with van der Waals surface area (Å²) in [6, 6.07) is 1.68. The van der Waals surface area contributed by atoms with Gasteiger partial charge in [-0.15, -0.1) is 0 Å². The van der Waals surface area contributed by atoms with Gasteiger partial charge in [-0.05, 0) is 20.4 Å². The average Bonchev–Trinajstić information content (AvgIpc) is 2.28. The molecule has 0 saturated carbocycles. The zero-order valence-corrected chi connectivity index (χ0v) is 10.5. The van der Waals surface area contributed by atoms with Gasteiger partial charge in [0.2, 0.25) is 5.88 Å². The standard InChI is InChI=1S/C9H17N5OS/c1-14(2)4-5-15-8-6-7(13-10)11-9(12-8)16-3/h6H,4-5,10H2,1-3H3,(H,11,12,13). The number of hydrogen-bond donors (Lipinski definition) is 2. The van der Waals surface area contributed by atoms with Crippen molar-refractivity contribution in [3.63, 3.8) is 0 Å². The summed E-state index contributed by atoms with van der Waals surface area (Å²) in [4.78, 5) is 10.4. The first-order valence-corrected chi connectivity index (χ1v) is 6.05. The second-order valence-electron chi connectivity index (χ2n) is 3.37. The molecule has 0 spiro atoms. The first-order chi connectivity index (χ1) is 7.65. The number of likely N-dealkylation sites (N-methyl/N-ethyl adjacent to an activating group) is 1. The molecule has 1 heterocycles. The third-order valence-corrected chi connectivity index (χ3v) is 2.35. The van der Waals surface area contributed by atoms with Crippen LogP contribution in [-0.2, 0) is 0 Å². The van der Waals surface area contributed by atoms with Crippen molar-refractivity contribution in [2.24, 2.45) is 5.84 Å². The number of nitrogens with zero attached hydrogens (tertiary/aromatic N) is 3. The summed E-state index contributed by atoms with van der Waals surface area (Å²) in [5.74, 6) is 6.40. The van der Waals surface area contributed by atoms with Crippen LogP contribution in [0.3, 0.4) is 0 Å². The van der Waals surface area contributed by atoms with E-state index in [1.807, 2.05) is 25.3 Å². The van der Waals surface area contributed by atoms with Crippen molar-refractivity contribution in [2.75, 3.05) is 38.9 Å². The molecule has 16 heavy (non-hydrogen) atoms. The predicted octanol–water partition coefficient (Wildman–Crippen LogP) is 0.424. The van der Waals surface area contributed by atoms with E-state index < -0.39 is 0 Å². The number of nitrogens with two attached hydrogens (primary N) is 1. The van der Waals surface area contributed by atoms with Crippen molar-refractivity contribution in [3.05, 3.63) is 6.07 Å². The first-order valence-electron chi connectivity index (χ1n) is 4.83. The van der Waals surface area contributed by atoms with Crippen LogP contribution in [0.1, 0.15) is 0 Å². The Labute approximate surface area is 99.6 Å². The van der Waals surface area contributed by atoms with E-state index in [0.717, 1.165) is 6.54 Å². The van der Waals surface area contributed by atoms with Gasteiger partial charge in [-0.25, -0.2) is 10.8 Å². The van der Waals surface area contributed by atoms with Crippen molar-refractivity contribution in [1.29, 1.82) is 0 Å². The number of aromatic nitrogens is 2. The van der Waals surface area contributed by atoms with Crippen LogP contribution in [0.15, 0.2) is 11.2 Å². The zero-order chi connectivity index (χ0) is 12.0. The normalized spacial score (nSPS) is 10.6. The Balaban J connectivity index is 2.64. The van der Waals surface area contributed by atoms with Gasteiger partial charge in [-0.1, -0.05) is 11.8 Å². The molecule has 0 aliphatic heterocycles. The molecular formula is C9H17N5OS. The van der Waals surface area contributed by atoms with E-state index in [0.29, 0.717) is 23.5 Å². The van der Waals surface area contributed by atoms with E-state index in [1.54, 1.807) is 6.07 Å². The Morgan fingerprint density at radius 2 is 2.25 bits per heavy atom. The molecule has 0 aliphatic carbocycles. The molecule has 0 saturated heterocycles. The molecule has 0 atom stereocenters. The number of nitrogens with one attached hydrogen (secondary N) is 1. The monoisotopic (exact) mass is 243 g/mol. The van der Waals surface area contributed by atoms with Crippen molar-refractivity contribution in [3.8, 4) is 5.88 Å². The third-order valence-electron chi connectivity index (χ3n) is 1.80. The summed E-state index contributed by atoms with van der Waals surface area (Å²) in [6.45, 7) is 1.42. The summed E-state index contributed by atoms with van der Waals surface area (Å²) in [6.07, 6.45) is 1.90. The van der Waals surface area contributed by atoms with Gasteiger partial charge in [0.05, 0.1) is 0 Å². The van der Waals surface area contributed by atoms with E-state index in [-0.39, 0.29) is 0 Å². The second kappa shape index (κ2) is 6.51. The highest BCUT2D eigenvalue weighted by Gasteiger charge is 2.04. The van der Waals surface area contributed by atoms with Crippen LogP contribution in [0.4, 0.5) is 5.82 Å². The lowest BCUT2D eigenvalue weighted by atomic mass is 10.5. The van der Waals surface area contributed by atoms with E-state index >= 15 is 0 Å². The maximum atomic E-state index is 5.50. The smallest absolute Gasteiger partial charge is 0.219 e. The topological polar surface area (TPSA) is 76.3 Å². The van der Waals surface area contributed by atoms with Gasteiger partial charge >= 0.3 is 0 Å². The number of hydrogen-bond acceptors (Lipinski definition) is 7. The van der Waals surface area contributed by atoms with Gasteiger partial charge < -0.3 is 15.1 Å². The summed E-state index contributed by atoms with van der Waals surface area (Å²) >= 11 is 1.44. The van der Waals surface area contributed by atoms with E-state index in [4.69, 9.17) is 10.6 Å². The number of rotatable bonds is 6. The quantitative estimate of drug-likeness (QED) is 0.324. The Bertz CT molecular complexity index is 311. The third kappa shape index (κ3) is 4.21. The van der Waals surface area contributed by atoms with E-state index in [2.05, 4.69) is 15.4 Å². The lowest BCUT2D eigenvalue weighted by molar-refractivity contribution is 0.252. The maximum Gasteiger partial charge on any atom is 0.219 e. The Kier molecular flexibility index (Phi) is 5.30. The minimum Gasteiger partial charge on any atom is -0.476 e. The first kappa shape index (κ1) is 13.0. The molecule has 0 radical (unpaired) electrons. The summed E-state index contributed by atoms with van der Waals surface area (Å²) in [5.41, 5.74) is 2.49. The molecule has 0 aliphatic rings. The largest absolute Gasteiger partial charge is 0.476 e. The molecule has 7 heteroatoms. The summed E-state index contributed by atoms with van der Waals surface area (Å²) in [7, 11) is 3.98. The van der Waals surface area contributed by atoms with Crippen molar-refractivity contribution in [2.45, 2.75) is 5.16 Å². The molecule has 1 rings (SSSR count). The fraction of sp³-hybridized carbons (Fsp3) is 0.556. The van der Waals surface area contributed by atoms with Gasteiger partial charge in [0.15, 0.2) is 5.16 Å². The number of hydrazine groups is 1. The van der Waals surface area contributed by atoms with Crippen LogP contribution in [0.2, 0.25) is 0 Å². The molecular weight excluding hydrogens is 226 g/mol. The van der Waals surface area contributed by atoms with E-state index in [9.17, 15) is 0 Å². The number of nitrogen functional groups attached to an aromatic ring is 1. The lowest BCUT2D eigenvalue weighted by Crippen LogP contribution is -2.20. The summed E-state index contributed by atoms with van der Waals surface area (Å²) < 4.78 is 5.50. The fourth-order valence-electron chi connectivity index (χ4n) is 0.976. The SMILES string of the molecule is CSc1nc(NN)cc(OCCN(C)C)n1. The minimum absolute atomic E-state index is 0.536. The van der Waals surface area contributed by atoms with Gasteiger partial charge in [0.1, 0.15) is 12.4 Å². The number of ether oxygens (including phenoxy) is 1.